The Morgan fingerprint density at radius 2 is 2.06 bits per heavy atom. The highest BCUT2D eigenvalue weighted by atomic mass is 35.5. The van der Waals surface area contributed by atoms with E-state index in [2.05, 4.69) is 4.98 Å². The van der Waals surface area contributed by atoms with Crippen molar-refractivity contribution in [1.82, 2.24) is 4.98 Å². The zero-order valence-corrected chi connectivity index (χ0v) is 11.0. The molecular weight excluding hydrogens is 253 g/mol. The second-order valence-corrected chi connectivity index (χ2v) is 4.94. The molecule has 0 saturated carbocycles. The van der Waals surface area contributed by atoms with Crippen molar-refractivity contribution in [2.24, 2.45) is 0 Å². The Hall–Kier alpha value is -1.05. The van der Waals surface area contributed by atoms with Crippen molar-refractivity contribution in [1.29, 1.82) is 0 Å². The summed E-state index contributed by atoms with van der Waals surface area (Å²) in [5, 5.41) is 0.664. The van der Waals surface area contributed by atoms with Gasteiger partial charge in [0.1, 0.15) is 0 Å². The van der Waals surface area contributed by atoms with Gasteiger partial charge in [0.25, 0.3) is 0 Å². The van der Waals surface area contributed by atoms with Gasteiger partial charge >= 0.3 is 0 Å². The maximum Gasteiger partial charge on any atom is 0.0641 e. The van der Waals surface area contributed by atoms with Crippen LogP contribution in [0.5, 0.6) is 0 Å². The van der Waals surface area contributed by atoms with Crippen LogP contribution < -0.4 is 0 Å². The molecule has 2 rings (SSSR count). The number of benzene rings is 1. The number of hydrogen-bond acceptors (Lipinski definition) is 1. The van der Waals surface area contributed by atoms with Gasteiger partial charge < -0.3 is 0 Å². The van der Waals surface area contributed by atoms with Crippen molar-refractivity contribution in [2.75, 3.05) is 0 Å². The van der Waals surface area contributed by atoms with E-state index in [1.54, 1.807) is 6.20 Å². The summed E-state index contributed by atoms with van der Waals surface area (Å²) in [5.41, 5.74) is 3.09. The number of alkyl halides is 1. The molecule has 3 heteroatoms. The molecule has 0 saturated heterocycles. The highest BCUT2D eigenvalue weighted by Crippen LogP contribution is 2.27. The molecule has 1 aromatic carbocycles. The highest BCUT2D eigenvalue weighted by molar-refractivity contribution is 6.31. The van der Waals surface area contributed by atoms with E-state index in [4.69, 9.17) is 23.2 Å². The van der Waals surface area contributed by atoms with Crippen LogP contribution in [-0.2, 0) is 6.42 Å². The first-order valence-corrected chi connectivity index (χ1v) is 6.28. The van der Waals surface area contributed by atoms with E-state index in [9.17, 15) is 0 Å². The van der Waals surface area contributed by atoms with Crippen LogP contribution in [0.3, 0.4) is 0 Å². The molecule has 1 unspecified atom stereocenters. The van der Waals surface area contributed by atoms with Gasteiger partial charge in [-0.3, -0.25) is 4.98 Å². The molecule has 0 aliphatic rings. The van der Waals surface area contributed by atoms with Crippen molar-refractivity contribution in [3.63, 3.8) is 0 Å². The Balaban J connectivity index is 2.14. The van der Waals surface area contributed by atoms with E-state index < -0.39 is 0 Å². The summed E-state index contributed by atoms with van der Waals surface area (Å²) in [4.78, 5) is 4.27. The van der Waals surface area contributed by atoms with Gasteiger partial charge in [-0.25, -0.2) is 0 Å². The number of halogens is 2. The number of aromatic nitrogens is 1. The Morgan fingerprint density at radius 1 is 1.24 bits per heavy atom. The van der Waals surface area contributed by atoms with Crippen LogP contribution in [0.4, 0.5) is 0 Å². The van der Waals surface area contributed by atoms with Crippen LogP contribution >= 0.6 is 23.2 Å². The van der Waals surface area contributed by atoms with Crippen LogP contribution in [0.25, 0.3) is 0 Å². The van der Waals surface area contributed by atoms with E-state index in [0.29, 0.717) is 6.42 Å². The first kappa shape index (κ1) is 12.4. The molecule has 0 amide bonds. The monoisotopic (exact) mass is 265 g/mol. The topological polar surface area (TPSA) is 12.9 Å². The second-order valence-electron chi connectivity index (χ2n) is 4.00. The minimum Gasteiger partial charge on any atom is -0.261 e. The molecule has 88 valence electrons. The average molecular weight is 266 g/mol. The number of hydrogen-bond donors (Lipinski definition) is 0. The molecule has 1 aromatic heterocycles. The lowest BCUT2D eigenvalue weighted by atomic mass is 10.1. The predicted octanol–water partition coefficient (Wildman–Crippen LogP) is 4.57. The van der Waals surface area contributed by atoms with Crippen LogP contribution in [0.2, 0.25) is 5.02 Å². The fourth-order valence-corrected chi connectivity index (χ4v) is 2.11. The van der Waals surface area contributed by atoms with Gasteiger partial charge in [-0.15, -0.1) is 11.6 Å². The molecule has 1 atom stereocenters. The first-order valence-electron chi connectivity index (χ1n) is 5.47. The summed E-state index contributed by atoms with van der Waals surface area (Å²) in [6, 6.07) is 11.8. The minimum absolute atomic E-state index is 0.0944. The first-order chi connectivity index (χ1) is 8.16. The fraction of sp³-hybridized carbons (Fsp3) is 0.214. The molecule has 0 fully saturated rings. The van der Waals surface area contributed by atoms with Crippen molar-refractivity contribution in [3.8, 4) is 0 Å². The molecule has 0 aliphatic heterocycles. The molecule has 17 heavy (non-hydrogen) atoms. The van der Waals surface area contributed by atoms with E-state index in [1.165, 1.54) is 0 Å². The molecule has 0 spiro atoms. The third-order valence-corrected chi connectivity index (χ3v) is 3.49. The number of pyridine rings is 1. The Morgan fingerprint density at radius 3 is 2.71 bits per heavy atom. The average Bonchev–Trinajstić information content (AvgIpc) is 2.34. The quantitative estimate of drug-likeness (QED) is 0.742. The van der Waals surface area contributed by atoms with E-state index in [1.807, 2.05) is 43.3 Å². The van der Waals surface area contributed by atoms with Crippen LogP contribution in [0, 0.1) is 6.92 Å². The van der Waals surface area contributed by atoms with Crippen molar-refractivity contribution >= 4 is 23.2 Å². The van der Waals surface area contributed by atoms with Crippen molar-refractivity contribution in [2.45, 2.75) is 18.7 Å². The molecule has 2 aromatic rings. The summed E-state index contributed by atoms with van der Waals surface area (Å²) in [6.45, 7) is 1.98. The number of nitrogens with zero attached hydrogens (tertiary/aromatic N) is 1. The van der Waals surface area contributed by atoms with Crippen LogP contribution in [-0.4, -0.2) is 4.98 Å². The standard InChI is InChI=1S/C14H13Cl2N/c1-10-5-6-11(8-13(10)15)14(16)9-12-4-2-3-7-17-12/h2-8,14H,9H2,1H3. The molecule has 0 radical (unpaired) electrons. The van der Waals surface area contributed by atoms with Crippen molar-refractivity contribution < 1.29 is 0 Å². The van der Waals surface area contributed by atoms with Gasteiger partial charge in [0.15, 0.2) is 0 Å². The van der Waals surface area contributed by atoms with Gasteiger partial charge in [0.2, 0.25) is 0 Å². The Bertz CT molecular complexity index is 497. The van der Waals surface area contributed by atoms with E-state index >= 15 is 0 Å². The molecule has 1 heterocycles. The summed E-state index contributed by atoms with van der Waals surface area (Å²) in [7, 11) is 0. The van der Waals surface area contributed by atoms with Gasteiger partial charge in [-0.05, 0) is 36.2 Å². The highest BCUT2D eigenvalue weighted by Gasteiger charge is 2.10. The smallest absolute Gasteiger partial charge is 0.0641 e. The predicted molar refractivity (Wildman–Crippen MR) is 72.7 cm³/mol. The SMILES string of the molecule is Cc1ccc(C(Cl)Cc2ccccn2)cc1Cl. The van der Waals surface area contributed by atoms with E-state index in [-0.39, 0.29) is 5.38 Å². The summed E-state index contributed by atoms with van der Waals surface area (Å²) < 4.78 is 0. The zero-order valence-electron chi connectivity index (χ0n) is 9.53. The van der Waals surface area contributed by atoms with Gasteiger partial charge in [0.05, 0.1) is 5.38 Å². The van der Waals surface area contributed by atoms with Gasteiger partial charge in [0, 0.05) is 23.3 Å². The molecule has 0 bridgehead atoms. The second kappa shape index (κ2) is 5.52. The van der Waals surface area contributed by atoms with Gasteiger partial charge in [-0.1, -0.05) is 29.8 Å². The summed E-state index contributed by atoms with van der Waals surface area (Å²) >= 11 is 12.5. The summed E-state index contributed by atoms with van der Waals surface area (Å²) in [6.07, 6.45) is 2.49. The number of aryl methyl sites for hydroxylation is 1. The largest absolute Gasteiger partial charge is 0.261 e. The lowest BCUT2D eigenvalue weighted by Gasteiger charge is -2.10. The maximum atomic E-state index is 6.37. The lowest BCUT2D eigenvalue weighted by molar-refractivity contribution is 0.880. The normalized spacial score (nSPS) is 12.4. The number of rotatable bonds is 3. The Kier molecular flexibility index (Phi) is 4.03. The minimum atomic E-state index is -0.0944. The Labute approximate surface area is 111 Å². The molecule has 0 aliphatic carbocycles. The molecule has 0 N–H and O–H groups in total. The maximum absolute atomic E-state index is 6.37. The van der Waals surface area contributed by atoms with E-state index in [0.717, 1.165) is 21.8 Å². The van der Waals surface area contributed by atoms with Crippen LogP contribution in [0.15, 0.2) is 42.6 Å². The third-order valence-electron chi connectivity index (χ3n) is 2.67. The molecule has 1 nitrogen and oxygen atoms in total. The lowest BCUT2D eigenvalue weighted by Crippen LogP contribution is -1.98. The summed E-state index contributed by atoms with van der Waals surface area (Å²) in [5.74, 6) is 0. The van der Waals surface area contributed by atoms with Crippen molar-refractivity contribution in [3.05, 3.63) is 64.4 Å². The van der Waals surface area contributed by atoms with Crippen LogP contribution in [0.1, 0.15) is 22.2 Å². The fourth-order valence-electron chi connectivity index (χ4n) is 1.62. The zero-order chi connectivity index (χ0) is 12.3. The van der Waals surface area contributed by atoms with Gasteiger partial charge in [-0.2, -0.15) is 0 Å². The third kappa shape index (κ3) is 3.21. The molecular formula is C14H13Cl2N.